The van der Waals surface area contributed by atoms with E-state index in [4.69, 9.17) is 4.42 Å². The van der Waals surface area contributed by atoms with Gasteiger partial charge in [0.25, 0.3) is 11.5 Å². The highest BCUT2D eigenvalue weighted by Crippen LogP contribution is 2.27. The van der Waals surface area contributed by atoms with Crippen LogP contribution < -0.4 is 10.9 Å². The van der Waals surface area contributed by atoms with E-state index in [0.29, 0.717) is 42.8 Å². The lowest BCUT2D eigenvalue weighted by molar-refractivity contribution is 0.0941. The van der Waals surface area contributed by atoms with E-state index in [2.05, 4.69) is 5.32 Å². The standard InChI is InChI=1S/C24H25FN2O4/c1-15-12-13-27(18-6-8-19(28)9-7-18)24(30)22(15)23(29)26-14-20-10-11-21(31-20)16-2-4-17(25)5-3-16/h2-5,10-13,18-19,28H,6-9,14H2,1H3,(H,26,29). The van der Waals surface area contributed by atoms with Crippen molar-refractivity contribution in [2.45, 2.75) is 51.3 Å². The fourth-order valence-corrected chi connectivity index (χ4v) is 4.04. The summed E-state index contributed by atoms with van der Waals surface area (Å²) in [7, 11) is 0. The zero-order valence-electron chi connectivity index (χ0n) is 17.3. The van der Waals surface area contributed by atoms with Gasteiger partial charge in [-0.1, -0.05) is 0 Å². The average Bonchev–Trinajstić information content (AvgIpc) is 3.23. The minimum atomic E-state index is -0.451. The van der Waals surface area contributed by atoms with E-state index >= 15 is 0 Å². The molecule has 2 heterocycles. The Hall–Kier alpha value is -3.19. The maximum absolute atomic E-state index is 13.1. The zero-order chi connectivity index (χ0) is 22.0. The molecule has 0 spiro atoms. The summed E-state index contributed by atoms with van der Waals surface area (Å²) in [6.45, 7) is 1.87. The predicted molar refractivity (Wildman–Crippen MR) is 114 cm³/mol. The largest absolute Gasteiger partial charge is 0.459 e. The van der Waals surface area contributed by atoms with Crippen LogP contribution in [-0.2, 0) is 6.54 Å². The summed E-state index contributed by atoms with van der Waals surface area (Å²) in [6, 6.07) is 11.2. The molecule has 0 radical (unpaired) electrons. The van der Waals surface area contributed by atoms with Crippen LogP contribution in [0.3, 0.4) is 0 Å². The Morgan fingerprint density at radius 3 is 2.55 bits per heavy atom. The topological polar surface area (TPSA) is 84.5 Å². The number of amides is 1. The average molecular weight is 424 g/mol. The van der Waals surface area contributed by atoms with E-state index in [1.165, 1.54) is 12.1 Å². The number of hydrogen-bond acceptors (Lipinski definition) is 4. The maximum Gasteiger partial charge on any atom is 0.263 e. The molecule has 1 amide bonds. The highest BCUT2D eigenvalue weighted by molar-refractivity contribution is 5.95. The fourth-order valence-electron chi connectivity index (χ4n) is 4.04. The van der Waals surface area contributed by atoms with Crippen LogP contribution in [0.2, 0.25) is 0 Å². The number of nitrogens with one attached hydrogen (secondary N) is 1. The van der Waals surface area contributed by atoms with E-state index < -0.39 is 5.91 Å². The second-order valence-electron chi connectivity index (χ2n) is 8.00. The van der Waals surface area contributed by atoms with Gasteiger partial charge in [0.15, 0.2) is 0 Å². The highest BCUT2D eigenvalue weighted by atomic mass is 19.1. The van der Waals surface area contributed by atoms with E-state index in [-0.39, 0.29) is 35.6 Å². The molecule has 2 N–H and O–H groups in total. The lowest BCUT2D eigenvalue weighted by atomic mass is 9.92. The van der Waals surface area contributed by atoms with Crippen LogP contribution in [0.5, 0.6) is 0 Å². The number of carbonyl (C=O) groups excluding carboxylic acids is 1. The quantitative estimate of drug-likeness (QED) is 0.649. The molecule has 0 aliphatic heterocycles. The summed E-state index contributed by atoms with van der Waals surface area (Å²) in [5.41, 5.74) is 1.16. The van der Waals surface area contributed by atoms with Crippen LogP contribution in [-0.4, -0.2) is 21.7 Å². The van der Waals surface area contributed by atoms with Crippen molar-refractivity contribution in [1.82, 2.24) is 9.88 Å². The third kappa shape index (κ3) is 4.61. The van der Waals surface area contributed by atoms with E-state index in [0.717, 1.165) is 5.56 Å². The number of aliphatic hydroxyl groups excluding tert-OH is 1. The molecule has 1 aliphatic rings. The summed E-state index contributed by atoms with van der Waals surface area (Å²) in [5.74, 6) is 0.327. The first-order chi connectivity index (χ1) is 14.9. The van der Waals surface area contributed by atoms with E-state index in [1.807, 2.05) is 0 Å². The second-order valence-corrected chi connectivity index (χ2v) is 8.00. The molecule has 4 rings (SSSR count). The molecule has 0 unspecified atom stereocenters. The second kappa shape index (κ2) is 8.89. The Morgan fingerprint density at radius 1 is 1.13 bits per heavy atom. The number of nitrogens with zero attached hydrogens (tertiary/aromatic N) is 1. The SMILES string of the molecule is Cc1ccn(C2CCC(O)CC2)c(=O)c1C(=O)NCc1ccc(-c2ccc(F)cc2)o1. The molecule has 0 saturated heterocycles. The van der Waals surface area contributed by atoms with Crippen molar-refractivity contribution in [2.75, 3.05) is 0 Å². The van der Waals surface area contributed by atoms with Crippen LogP contribution in [0.4, 0.5) is 4.39 Å². The first kappa shape index (κ1) is 21.1. The number of pyridine rings is 1. The van der Waals surface area contributed by atoms with Gasteiger partial charge in [-0.3, -0.25) is 9.59 Å². The molecule has 1 aromatic carbocycles. The molecule has 162 valence electrons. The number of aliphatic hydroxyl groups is 1. The molecule has 0 atom stereocenters. The zero-order valence-corrected chi connectivity index (χ0v) is 17.3. The highest BCUT2D eigenvalue weighted by Gasteiger charge is 2.24. The summed E-state index contributed by atoms with van der Waals surface area (Å²) in [5, 5.41) is 12.5. The Kier molecular flexibility index (Phi) is 6.04. The van der Waals surface area contributed by atoms with Gasteiger partial charge in [0.2, 0.25) is 0 Å². The van der Waals surface area contributed by atoms with E-state index in [9.17, 15) is 19.1 Å². The normalized spacial score (nSPS) is 18.7. The first-order valence-corrected chi connectivity index (χ1v) is 10.4. The Morgan fingerprint density at radius 2 is 1.84 bits per heavy atom. The molecule has 1 saturated carbocycles. The number of aromatic nitrogens is 1. The lowest BCUT2D eigenvalue weighted by Crippen LogP contribution is -2.36. The molecular formula is C24H25FN2O4. The van der Waals surface area contributed by atoms with Crippen LogP contribution in [0, 0.1) is 12.7 Å². The number of carbonyl (C=O) groups is 1. The molecule has 1 fully saturated rings. The first-order valence-electron chi connectivity index (χ1n) is 10.4. The van der Waals surface area contributed by atoms with Gasteiger partial charge in [-0.25, -0.2) is 4.39 Å². The maximum atomic E-state index is 13.1. The Balaban J connectivity index is 1.47. The van der Waals surface area contributed by atoms with Crippen LogP contribution in [0.15, 0.2) is 57.9 Å². The number of benzene rings is 1. The third-order valence-corrected chi connectivity index (χ3v) is 5.83. The summed E-state index contributed by atoms with van der Waals surface area (Å²) in [4.78, 5) is 25.8. The summed E-state index contributed by atoms with van der Waals surface area (Å²) in [6.07, 6.45) is 4.16. The van der Waals surface area contributed by atoms with Gasteiger partial charge in [0, 0.05) is 17.8 Å². The number of aryl methyl sites for hydroxylation is 1. The molecule has 6 nitrogen and oxygen atoms in total. The molecule has 0 bridgehead atoms. The van der Waals surface area contributed by atoms with Gasteiger partial charge in [-0.05, 0) is 80.6 Å². The minimum absolute atomic E-state index is 0.00797. The molecule has 2 aromatic heterocycles. The van der Waals surface area contributed by atoms with Crippen molar-refractivity contribution >= 4 is 5.91 Å². The third-order valence-electron chi connectivity index (χ3n) is 5.83. The van der Waals surface area contributed by atoms with Gasteiger partial charge in [0.1, 0.15) is 22.9 Å². The van der Waals surface area contributed by atoms with Crippen LogP contribution in [0.1, 0.15) is 53.4 Å². The number of rotatable bonds is 5. The number of hydrogen-bond donors (Lipinski definition) is 2. The van der Waals surface area contributed by atoms with Gasteiger partial charge >= 0.3 is 0 Å². The number of furan rings is 1. The smallest absolute Gasteiger partial charge is 0.263 e. The molecular weight excluding hydrogens is 399 g/mol. The van der Waals surface area contributed by atoms with Crippen molar-refractivity contribution in [2.24, 2.45) is 0 Å². The van der Waals surface area contributed by atoms with Crippen molar-refractivity contribution in [3.05, 3.63) is 81.7 Å². The van der Waals surface area contributed by atoms with Crippen molar-refractivity contribution in [3.63, 3.8) is 0 Å². The molecule has 1 aliphatic carbocycles. The molecule has 3 aromatic rings. The van der Waals surface area contributed by atoms with Gasteiger partial charge in [0.05, 0.1) is 12.6 Å². The van der Waals surface area contributed by atoms with Crippen molar-refractivity contribution in [3.8, 4) is 11.3 Å². The van der Waals surface area contributed by atoms with Crippen molar-refractivity contribution < 1.29 is 18.7 Å². The van der Waals surface area contributed by atoms with E-state index in [1.54, 1.807) is 48.0 Å². The summed E-state index contributed by atoms with van der Waals surface area (Å²) >= 11 is 0. The van der Waals surface area contributed by atoms with Crippen LogP contribution in [0.25, 0.3) is 11.3 Å². The lowest BCUT2D eigenvalue weighted by Gasteiger charge is -2.27. The number of halogens is 1. The van der Waals surface area contributed by atoms with Gasteiger partial charge in [-0.2, -0.15) is 0 Å². The van der Waals surface area contributed by atoms with Gasteiger partial charge < -0.3 is 19.4 Å². The fraction of sp³-hybridized carbons (Fsp3) is 0.333. The Labute approximate surface area is 179 Å². The molecule has 7 heteroatoms. The van der Waals surface area contributed by atoms with Crippen LogP contribution >= 0.6 is 0 Å². The molecule has 31 heavy (non-hydrogen) atoms. The summed E-state index contributed by atoms with van der Waals surface area (Å²) < 4.78 is 20.5. The predicted octanol–water partition coefficient (Wildman–Crippen LogP) is 3.96. The van der Waals surface area contributed by atoms with Gasteiger partial charge in [-0.15, -0.1) is 0 Å². The monoisotopic (exact) mass is 424 g/mol. The Bertz CT molecular complexity index is 1130. The minimum Gasteiger partial charge on any atom is -0.459 e. The van der Waals surface area contributed by atoms with Crippen molar-refractivity contribution in [1.29, 1.82) is 0 Å².